The molecule has 2 saturated heterocycles. The second-order valence-electron chi connectivity index (χ2n) is 6.45. The molecule has 1 amide bonds. The summed E-state index contributed by atoms with van der Waals surface area (Å²) in [6.07, 6.45) is 1.08. The fourth-order valence-corrected chi connectivity index (χ4v) is 3.03. The molecule has 5 heteroatoms. The van der Waals surface area contributed by atoms with Crippen LogP contribution in [0.5, 0.6) is 0 Å². The van der Waals surface area contributed by atoms with Crippen molar-refractivity contribution in [3.8, 4) is 0 Å². The zero-order valence-corrected chi connectivity index (χ0v) is 13.1. The number of hydrogen-bond acceptors (Lipinski definition) is 4. The standard InChI is InChI=1S/C15H30N4O/c1-14(2)12-17-8-10-18(11-9-17)13-15(20)19-6-3-4-16-5-7-19/h14,16H,3-13H2,1-2H3. The molecule has 0 radical (unpaired) electrons. The van der Waals surface area contributed by atoms with E-state index in [1.807, 2.05) is 4.90 Å². The first-order chi connectivity index (χ1) is 9.65. The summed E-state index contributed by atoms with van der Waals surface area (Å²) in [5.74, 6) is 1.04. The van der Waals surface area contributed by atoms with Crippen molar-refractivity contribution in [3.05, 3.63) is 0 Å². The maximum atomic E-state index is 12.3. The fraction of sp³-hybridized carbons (Fsp3) is 0.933. The van der Waals surface area contributed by atoms with Gasteiger partial charge in [0.05, 0.1) is 6.54 Å². The third-order valence-corrected chi connectivity index (χ3v) is 4.14. The molecule has 5 nitrogen and oxygen atoms in total. The molecule has 0 aliphatic carbocycles. The molecule has 0 saturated carbocycles. The quantitative estimate of drug-likeness (QED) is 0.793. The normalized spacial score (nSPS) is 23.1. The smallest absolute Gasteiger partial charge is 0.236 e. The topological polar surface area (TPSA) is 38.8 Å². The summed E-state index contributed by atoms with van der Waals surface area (Å²) in [5, 5.41) is 3.35. The van der Waals surface area contributed by atoms with E-state index in [9.17, 15) is 4.79 Å². The Kier molecular flexibility index (Phi) is 6.26. The lowest BCUT2D eigenvalue weighted by molar-refractivity contribution is -0.132. The van der Waals surface area contributed by atoms with Gasteiger partial charge in [0.1, 0.15) is 0 Å². The van der Waals surface area contributed by atoms with E-state index in [-0.39, 0.29) is 0 Å². The number of rotatable bonds is 4. The Bertz CT molecular complexity index is 292. The number of carbonyl (C=O) groups is 1. The van der Waals surface area contributed by atoms with Gasteiger partial charge in [-0.15, -0.1) is 0 Å². The SMILES string of the molecule is CC(C)CN1CCN(CC(=O)N2CCCNCC2)CC1. The van der Waals surface area contributed by atoms with Crippen molar-refractivity contribution in [1.29, 1.82) is 0 Å². The van der Waals surface area contributed by atoms with Gasteiger partial charge in [0, 0.05) is 52.4 Å². The Labute approximate surface area is 123 Å². The van der Waals surface area contributed by atoms with Crippen LogP contribution in [0.4, 0.5) is 0 Å². The van der Waals surface area contributed by atoms with E-state index in [1.165, 1.54) is 6.54 Å². The summed E-state index contributed by atoms with van der Waals surface area (Å²) >= 11 is 0. The van der Waals surface area contributed by atoms with E-state index in [0.29, 0.717) is 12.5 Å². The zero-order chi connectivity index (χ0) is 14.4. The van der Waals surface area contributed by atoms with Gasteiger partial charge in [-0.25, -0.2) is 0 Å². The van der Waals surface area contributed by atoms with Gasteiger partial charge in [0.2, 0.25) is 5.91 Å². The molecule has 0 aromatic heterocycles. The molecular formula is C15H30N4O. The van der Waals surface area contributed by atoms with Crippen molar-refractivity contribution in [2.75, 3.05) is 65.4 Å². The van der Waals surface area contributed by atoms with Crippen LogP contribution in [0.2, 0.25) is 0 Å². The Balaban J connectivity index is 1.70. The van der Waals surface area contributed by atoms with E-state index in [2.05, 4.69) is 29.0 Å². The van der Waals surface area contributed by atoms with Gasteiger partial charge in [0.25, 0.3) is 0 Å². The molecule has 2 fully saturated rings. The molecule has 0 aromatic rings. The Hall–Kier alpha value is -0.650. The van der Waals surface area contributed by atoms with Gasteiger partial charge >= 0.3 is 0 Å². The van der Waals surface area contributed by atoms with E-state index in [4.69, 9.17) is 0 Å². The number of nitrogens with zero attached hydrogens (tertiary/aromatic N) is 3. The van der Waals surface area contributed by atoms with E-state index >= 15 is 0 Å². The highest BCUT2D eigenvalue weighted by Crippen LogP contribution is 2.06. The Morgan fingerprint density at radius 2 is 1.70 bits per heavy atom. The molecule has 0 aromatic carbocycles. The summed E-state index contributed by atoms with van der Waals surface area (Å²) in [4.78, 5) is 19.2. The third-order valence-electron chi connectivity index (χ3n) is 4.14. The molecule has 2 heterocycles. The van der Waals surface area contributed by atoms with Crippen molar-refractivity contribution in [1.82, 2.24) is 20.0 Å². The monoisotopic (exact) mass is 282 g/mol. The predicted octanol–water partition coefficient (Wildman–Crippen LogP) is 0.0819. The number of piperazine rings is 1. The lowest BCUT2D eigenvalue weighted by Gasteiger charge is -2.36. The molecule has 20 heavy (non-hydrogen) atoms. The molecule has 116 valence electrons. The molecule has 0 bridgehead atoms. The average Bonchev–Trinajstić information content (AvgIpc) is 2.69. The number of nitrogens with one attached hydrogen (secondary N) is 1. The molecule has 2 aliphatic heterocycles. The van der Waals surface area contributed by atoms with Crippen molar-refractivity contribution in [2.24, 2.45) is 5.92 Å². The van der Waals surface area contributed by atoms with Crippen LogP contribution in [0, 0.1) is 5.92 Å². The second-order valence-corrected chi connectivity index (χ2v) is 6.45. The second kappa shape index (κ2) is 7.96. The lowest BCUT2D eigenvalue weighted by atomic mass is 10.2. The maximum Gasteiger partial charge on any atom is 0.236 e. The van der Waals surface area contributed by atoms with Gasteiger partial charge in [0.15, 0.2) is 0 Å². The molecule has 2 rings (SSSR count). The first-order valence-corrected chi connectivity index (χ1v) is 8.08. The number of hydrogen-bond donors (Lipinski definition) is 1. The van der Waals surface area contributed by atoms with E-state index < -0.39 is 0 Å². The predicted molar refractivity (Wildman–Crippen MR) is 81.8 cm³/mol. The first kappa shape index (κ1) is 15.7. The summed E-state index contributed by atoms with van der Waals surface area (Å²) < 4.78 is 0. The molecular weight excluding hydrogens is 252 g/mol. The van der Waals surface area contributed by atoms with Crippen LogP contribution in [-0.2, 0) is 4.79 Å². The Morgan fingerprint density at radius 3 is 2.40 bits per heavy atom. The molecule has 0 atom stereocenters. The average molecular weight is 282 g/mol. The third kappa shape index (κ3) is 5.04. The minimum atomic E-state index is 0.311. The summed E-state index contributed by atoms with van der Waals surface area (Å²) in [7, 11) is 0. The number of carbonyl (C=O) groups excluding carboxylic acids is 1. The van der Waals surface area contributed by atoms with Crippen molar-refractivity contribution in [3.63, 3.8) is 0 Å². The largest absolute Gasteiger partial charge is 0.340 e. The van der Waals surface area contributed by atoms with Gasteiger partial charge in [-0.2, -0.15) is 0 Å². The zero-order valence-electron chi connectivity index (χ0n) is 13.1. The summed E-state index contributed by atoms with van der Waals surface area (Å²) in [6.45, 7) is 14.4. The van der Waals surface area contributed by atoms with Crippen LogP contribution in [0.15, 0.2) is 0 Å². The number of amides is 1. The minimum absolute atomic E-state index is 0.311. The van der Waals surface area contributed by atoms with Gasteiger partial charge in [-0.05, 0) is 18.9 Å². The van der Waals surface area contributed by atoms with Crippen LogP contribution in [-0.4, -0.2) is 86.1 Å². The highest BCUT2D eigenvalue weighted by molar-refractivity contribution is 5.78. The van der Waals surface area contributed by atoms with Crippen LogP contribution in [0.25, 0.3) is 0 Å². The van der Waals surface area contributed by atoms with Crippen LogP contribution < -0.4 is 5.32 Å². The van der Waals surface area contributed by atoms with E-state index in [0.717, 1.165) is 64.7 Å². The summed E-state index contributed by atoms with van der Waals surface area (Å²) in [5.41, 5.74) is 0. The van der Waals surface area contributed by atoms with Crippen molar-refractivity contribution in [2.45, 2.75) is 20.3 Å². The van der Waals surface area contributed by atoms with E-state index in [1.54, 1.807) is 0 Å². The van der Waals surface area contributed by atoms with Gasteiger partial charge in [-0.3, -0.25) is 9.69 Å². The van der Waals surface area contributed by atoms with Crippen LogP contribution in [0.1, 0.15) is 20.3 Å². The minimum Gasteiger partial charge on any atom is -0.340 e. The van der Waals surface area contributed by atoms with Gasteiger partial charge < -0.3 is 15.1 Å². The molecule has 0 unspecified atom stereocenters. The first-order valence-electron chi connectivity index (χ1n) is 8.08. The Morgan fingerprint density at radius 1 is 1.00 bits per heavy atom. The fourth-order valence-electron chi connectivity index (χ4n) is 3.03. The van der Waals surface area contributed by atoms with Crippen molar-refractivity contribution >= 4 is 5.91 Å². The van der Waals surface area contributed by atoms with Gasteiger partial charge in [-0.1, -0.05) is 13.8 Å². The molecule has 0 spiro atoms. The molecule has 1 N–H and O–H groups in total. The highest BCUT2D eigenvalue weighted by atomic mass is 16.2. The highest BCUT2D eigenvalue weighted by Gasteiger charge is 2.22. The molecule has 2 aliphatic rings. The summed E-state index contributed by atoms with van der Waals surface area (Å²) in [6, 6.07) is 0. The maximum absolute atomic E-state index is 12.3. The van der Waals surface area contributed by atoms with Crippen molar-refractivity contribution < 1.29 is 4.79 Å². The lowest BCUT2D eigenvalue weighted by Crippen LogP contribution is -2.51. The van der Waals surface area contributed by atoms with Crippen LogP contribution >= 0.6 is 0 Å². The van der Waals surface area contributed by atoms with Crippen LogP contribution in [0.3, 0.4) is 0 Å².